The number of benzodiazepines with no additional fused rings is 1. The summed E-state index contributed by atoms with van der Waals surface area (Å²) < 4.78 is 40.5. The Morgan fingerprint density at radius 2 is 1.77 bits per heavy atom. The molecule has 7 heteroatoms. The van der Waals surface area contributed by atoms with E-state index in [-0.39, 0.29) is 23.7 Å². The first-order chi connectivity index (χ1) is 12.2. The molecule has 0 bridgehead atoms. The maximum absolute atomic E-state index is 13.5. The Kier molecular flexibility index (Phi) is 4.48. The molecular formula is C19H18F3N3O. The van der Waals surface area contributed by atoms with Gasteiger partial charge in [-0.05, 0) is 24.3 Å². The Balaban J connectivity index is 2.28. The number of carbonyl (C=O) groups excluding carboxylic acids is 1. The standard InChI is InChI=1S/C19H18F3N3O/c1-24(2)12-8-9-16-14(10-12)18(23-11-17(26)25(16)3)13-6-4-5-7-15(13)19(20,21)22/h4-10H,11H2,1-3H3. The zero-order valence-electron chi connectivity index (χ0n) is 14.6. The average Bonchev–Trinajstić information content (AvgIpc) is 2.71. The molecule has 0 saturated carbocycles. The van der Waals surface area contributed by atoms with E-state index in [1.54, 1.807) is 25.2 Å². The van der Waals surface area contributed by atoms with Crippen LogP contribution in [-0.2, 0) is 11.0 Å². The van der Waals surface area contributed by atoms with Gasteiger partial charge in [0.05, 0.1) is 17.0 Å². The molecule has 136 valence electrons. The SMILES string of the molecule is CN(C)c1ccc2c(c1)C(c1ccccc1C(F)(F)F)=NCC(=O)N2C. The van der Waals surface area contributed by atoms with Crippen molar-refractivity contribution < 1.29 is 18.0 Å². The average molecular weight is 361 g/mol. The van der Waals surface area contributed by atoms with E-state index in [1.807, 2.05) is 25.1 Å². The van der Waals surface area contributed by atoms with Gasteiger partial charge in [-0.1, -0.05) is 18.2 Å². The van der Waals surface area contributed by atoms with Crippen LogP contribution in [0.2, 0.25) is 0 Å². The summed E-state index contributed by atoms with van der Waals surface area (Å²) in [6.45, 7) is -0.204. The smallest absolute Gasteiger partial charge is 0.378 e. The Labute approximate surface area is 149 Å². The lowest BCUT2D eigenvalue weighted by Gasteiger charge is -2.22. The van der Waals surface area contributed by atoms with Crippen molar-refractivity contribution in [3.63, 3.8) is 0 Å². The molecule has 2 aromatic rings. The molecule has 0 aliphatic carbocycles. The van der Waals surface area contributed by atoms with Crippen LogP contribution in [0.3, 0.4) is 0 Å². The number of aliphatic imine (C=N–C) groups is 1. The fourth-order valence-electron chi connectivity index (χ4n) is 2.92. The third-order valence-electron chi connectivity index (χ3n) is 4.35. The predicted molar refractivity (Wildman–Crippen MR) is 96.1 cm³/mol. The van der Waals surface area contributed by atoms with Crippen LogP contribution in [0.15, 0.2) is 47.5 Å². The van der Waals surface area contributed by atoms with Crippen LogP contribution >= 0.6 is 0 Å². The molecule has 0 spiro atoms. The lowest BCUT2D eigenvalue weighted by Crippen LogP contribution is -2.27. The van der Waals surface area contributed by atoms with Gasteiger partial charge >= 0.3 is 6.18 Å². The molecule has 0 unspecified atom stereocenters. The van der Waals surface area contributed by atoms with Crippen LogP contribution in [0.25, 0.3) is 0 Å². The van der Waals surface area contributed by atoms with Crippen molar-refractivity contribution in [1.82, 2.24) is 0 Å². The number of alkyl halides is 3. The second kappa shape index (κ2) is 6.48. The number of amides is 1. The monoisotopic (exact) mass is 361 g/mol. The number of anilines is 2. The van der Waals surface area contributed by atoms with Gasteiger partial charge in [0.25, 0.3) is 0 Å². The Hall–Kier alpha value is -2.83. The van der Waals surface area contributed by atoms with Crippen molar-refractivity contribution in [2.45, 2.75) is 6.18 Å². The second-order valence-electron chi connectivity index (χ2n) is 6.26. The van der Waals surface area contributed by atoms with Crippen molar-refractivity contribution in [2.75, 3.05) is 37.5 Å². The number of rotatable bonds is 2. The normalized spacial score (nSPS) is 14.6. The number of benzene rings is 2. The minimum atomic E-state index is -4.51. The van der Waals surface area contributed by atoms with Gasteiger partial charge in [0.1, 0.15) is 6.54 Å². The molecule has 1 amide bonds. The Morgan fingerprint density at radius 1 is 1.08 bits per heavy atom. The highest BCUT2D eigenvalue weighted by Crippen LogP contribution is 2.36. The van der Waals surface area contributed by atoms with Crippen LogP contribution in [0.5, 0.6) is 0 Å². The van der Waals surface area contributed by atoms with Gasteiger partial charge in [0.2, 0.25) is 5.91 Å². The first-order valence-corrected chi connectivity index (χ1v) is 7.99. The predicted octanol–water partition coefficient (Wildman–Crippen LogP) is 3.59. The molecule has 3 rings (SSSR count). The van der Waals surface area contributed by atoms with Crippen LogP contribution < -0.4 is 9.80 Å². The Morgan fingerprint density at radius 3 is 2.42 bits per heavy atom. The van der Waals surface area contributed by atoms with E-state index in [0.717, 1.165) is 11.8 Å². The molecule has 1 aliphatic heterocycles. The number of fused-ring (bicyclic) bond motifs is 1. The zero-order valence-corrected chi connectivity index (χ0v) is 14.6. The third kappa shape index (κ3) is 3.16. The Bertz CT molecular complexity index is 888. The van der Waals surface area contributed by atoms with Crippen LogP contribution in [0.1, 0.15) is 16.7 Å². The molecule has 0 aromatic heterocycles. The summed E-state index contributed by atoms with van der Waals surface area (Å²) in [4.78, 5) is 19.8. The van der Waals surface area contributed by atoms with Crippen molar-refractivity contribution in [3.05, 3.63) is 59.2 Å². The molecule has 1 aliphatic rings. The van der Waals surface area contributed by atoms with Gasteiger partial charge in [0, 0.05) is 38.0 Å². The van der Waals surface area contributed by atoms with Crippen LogP contribution in [0.4, 0.5) is 24.5 Å². The quantitative estimate of drug-likeness (QED) is 0.820. The van der Waals surface area contributed by atoms with Crippen LogP contribution in [-0.4, -0.2) is 39.3 Å². The second-order valence-corrected chi connectivity index (χ2v) is 6.26. The topological polar surface area (TPSA) is 35.9 Å². The molecule has 26 heavy (non-hydrogen) atoms. The summed E-state index contributed by atoms with van der Waals surface area (Å²) in [5.74, 6) is -0.275. The van der Waals surface area contributed by atoms with E-state index in [9.17, 15) is 18.0 Å². The minimum absolute atomic E-state index is 0.0275. The summed E-state index contributed by atoms with van der Waals surface area (Å²) in [7, 11) is 5.28. The highest BCUT2D eigenvalue weighted by molar-refractivity contribution is 6.20. The van der Waals surface area contributed by atoms with E-state index < -0.39 is 11.7 Å². The first kappa shape index (κ1) is 18.0. The molecule has 0 radical (unpaired) electrons. The highest BCUT2D eigenvalue weighted by atomic mass is 19.4. The number of carbonyl (C=O) groups is 1. The molecule has 0 saturated heterocycles. The van der Waals surface area contributed by atoms with E-state index in [0.29, 0.717) is 11.3 Å². The lowest BCUT2D eigenvalue weighted by atomic mass is 9.95. The van der Waals surface area contributed by atoms with Crippen molar-refractivity contribution in [3.8, 4) is 0 Å². The van der Waals surface area contributed by atoms with Crippen molar-refractivity contribution in [2.24, 2.45) is 4.99 Å². The number of hydrogen-bond acceptors (Lipinski definition) is 3. The summed E-state index contributed by atoms with van der Waals surface area (Å²) in [5, 5.41) is 0. The van der Waals surface area contributed by atoms with Crippen molar-refractivity contribution >= 4 is 23.0 Å². The number of nitrogens with zero attached hydrogens (tertiary/aromatic N) is 3. The molecular weight excluding hydrogens is 343 g/mol. The summed E-state index contributed by atoms with van der Waals surface area (Å²) >= 11 is 0. The fourth-order valence-corrected chi connectivity index (χ4v) is 2.92. The summed E-state index contributed by atoms with van der Waals surface area (Å²) in [5.41, 5.74) is 1.23. The van der Waals surface area contributed by atoms with Gasteiger partial charge < -0.3 is 9.80 Å². The zero-order chi connectivity index (χ0) is 19.1. The van der Waals surface area contributed by atoms with E-state index in [4.69, 9.17) is 0 Å². The summed E-state index contributed by atoms with van der Waals surface area (Å²) in [6.07, 6.45) is -4.51. The molecule has 2 aromatic carbocycles. The molecule has 0 atom stereocenters. The third-order valence-corrected chi connectivity index (χ3v) is 4.35. The maximum atomic E-state index is 13.5. The van der Waals surface area contributed by atoms with E-state index in [2.05, 4.69) is 4.99 Å². The van der Waals surface area contributed by atoms with Gasteiger partial charge in [-0.15, -0.1) is 0 Å². The largest absolute Gasteiger partial charge is 0.417 e. The molecule has 4 nitrogen and oxygen atoms in total. The molecule has 1 heterocycles. The van der Waals surface area contributed by atoms with Gasteiger partial charge in [-0.25, -0.2) is 0 Å². The van der Waals surface area contributed by atoms with Crippen molar-refractivity contribution in [1.29, 1.82) is 0 Å². The van der Waals surface area contributed by atoms with E-state index in [1.165, 1.54) is 17.0 Å². The van der Waals surface area contributed by atoms with E-state index >= 15 is 0 Å². The minimum Gasteiger partial charge on any atom is -0.378 e. The van der Waals surface area contributed by atoms with Gasteiger partial charge in [0.15, 0.2) is 0 Å². The highest BCUT2D eigenvalue weighted by Gasteiger charge is 2.35. The lowest BCUT2D eigenvalue weighted by molar-refractivity contribution is -0.137. The first-order valence-electron chi connectivity index (χ1n) is 7.99. The maximum Gasteiger partial charge on any atom is 0.417 e. The molecule has 0 fully saturated rings. The number of hydrogen-bond donors (Lipinski definition) is 0. The molecule has 0 N–H and O–H groups in total. The summed E-state index contributed by atoms with van der Waals surface area (Å²) in [6, 6.07) is 10.6. The van der Waals surface area contributed by atoms with Gasteiger partial charge in [-0.3, -0.25) is 9.79 Å². The number of likely N-dealkylation sites (N-methyl/N-ethyl adjacent to an activating group) is 1. The number of halogens is 3. The fraction of sp³-hybridized carbons (Fsp3) is 0.263. The van der Waals surface area contributed by atoms with Crippen LogP contribution in [0, 0.1) is 0 Å². The van der Waals surface area contributed by atoms with Gasteiger partial charge in [-0.2, -0.15) is 13.2 Å².